The molecule has 1 fully saturated rings. The molecular formula is C21H20FN3O2. The van der Waals surface area contributed by atoms with E-state index in [4.69, 9.17) is 4.52 Å². The highest BCUT2D eigenvalue weighted by atomic mass is 19.1. The SMILES string of the molecule is O=C(CCc1nc(-c2ccc(F)cc2)no1)NC(c1ccccc1)C1CC1. The Labute approximate surface area is 156 Å². The molecule has 3 aromatic rings. The summed E-state index contributed by atoms with van der Waals surface area (Å²) in [5.41, 5.74) is 1.82. The van der Waals surface area contributed by atoms with Crippen molar-refractivity contribution in [1.82, 2.24) is 15.5 Å². The van der Waals surface area contributed by atoms with Crippen molar-refractivity contribution in [2.45, 2.75) is 31.7 Å². The van der Waals surface area contributed by atoms with Gasteiger partial charge in [-0.1, -0.05) is 35.5 Å². The number of hydrogen-bond acceptors (Lipinski definition) is 4. The van der Waals surface area contributed by atoms with E-state index in [9.17, 15) is 9.18 Å². The molecule has 1 amide bonds. The summed E-state index contributed by atoms with van der Waals surface area (Å²) in [5.74, 6) is 0.961. The van der Waals surface area contributed by atoms with Gasteiger partial charge in [0.15, 0.2) is 0 Å². The molecule has 1 unspecified atom stereocenters. The lowest BCUT2D eigenvalue weighted by atomic mass is 10.0. The van der Waals surface area contributed by atoms with Crippen LogP contribution in [0.1, 0.15) is 36.8 Å². The highest BCUT2D eigenvalue weighted by Gasteiger charge is 2.33. The highest BCUT2D eigenvalue weighted by molar-refractivity contribution is 5.76. The summed E-state index contributed by atoms with van der Waals surface area (Å²) in [6.07, 6.45) is 2.93. The molecule has 0 aliphatic heterocycles. The van der Waals surface area contributed by atoms with Crippen molar-refractivity contribution in [3.63, 3.8) is 0 Å². The second-order valence-electron chi connectivity index (χ2n) is 6.81. The van der Waals surface area contributed by atoms with E-state index in [1.165, 1.54) is 12.1 Å². The van der Waals surface area contributed by atoms with Crippen LogP contribution in [0, 0.1) is 11.7 Å². The molecule has 2 aromatic carbocycles. The van der Waals surface area contributed by atoms with Gasteiger partial charge in [0.25, 0.3) is 0 Å². The summed E-state index contributed by atoms with van der Waals surface area (Å²) in [5, 5.41) is 7.04. The predicted molar refractivity (Wildman–Crippen MR) is 98.1 cm³/mol. The fourth-order valence-electron chi connectivity index (χ4n) is 3.10. The zero-order chi connectivity index (χ0) is 18.6. The fourth-order valence-corrected chi connectivity index (χ4v) is 3.10. The van der Waals surface area contributed by atoms with Gasteiger partial charge in [-0.2, -0.15) is 4.98 Å². The molecule has 0 spiro atoms. The molecule has 138 valence electrons. The normalized spacial score (nSPS) is 14.7. The first-order valence-electron chi connectivity index (χ1n) is 9.12. The van der Waals surface area contributed by atoms with Gasteiger partial charge in [-0.15, -0.1) is 0 Å². The van der Waals surface area contributed by atoms with E-state index in [-0.39, 0.29) is 24.2 Å². The van der Waals surface area contributed by atoms with Crippen LogP contribution in [0.2, 0.25) is 0 Å². The zero-order valence-corrected chi connectivity index (χ0v) is 14.8. The van der Waals surface area contributed by atoms with Gasteiger partial charge < -0.3 is 9.84 Å². The molecule has 1 atom stereocenters. The molecule has 5 nitrogen and oxygen atoms in total. The number of carbonyl (C=O) groups excluding carboxylic acids is 1. The first-order valence-corrected chi connectivity index (χ1v) is 9.12. The molecule has 27 heavy (non-hydrogen) atoms. The minimum Gasteiger partial charge on any atom is -0.349 e. The lowest BCUT2D eigenvalue weighted by Gasteiger charge is -2.18. The maximum Gasteiger partial charge on any atom is 0.227 e. The quantitative estimate of drug-likeness (QED) is 0.685. The van der Waals surface area contributed by atoms with Crippen LogP contribution in [0.4, 0.5) is 4.39 Å². The summed E-state index contributed by atoms with van der Waals surface area (Å²) < 4.78 is 18.2. The van der Waals surface area contributed by atoms with Crippen LogP contribution >= 0.6 is 0 Å². The smallest absolute Gasteiger partial charge is 0.227 e. The minimum atomic E-state index is -0.317. The maximum atomic E-state index is 13.0. The Morgan fingerprint density at radius 2 is 1.89 bits per heavy atom. The number of rotatable bonds is 7. The van der Waals surface area contributed by atoms with Crippen molar-refractivity contribution in [2.24, 2.45) is 5.92 Å². The third kappa shape index (κ3) is 4.39. The molecule has 1 aromatic heterocycles. The Bertz CT molecular complexity index is 905. The van der Waals surface area contributed by atoms with E-state index < -0.39 is 0 Å². The molecule has 1 aliphatic carbocycles. The van der Waals surface area contributed by atoms with Gasteiger partial charge in [0.2, 0.25) is 17.6 Å². The maximum absolute atomic E-state index is 13.0. The Morgan fingerprint density at radius 1 is 1.15 bits per heavy atom. The van der Waals surface area contributed by atoms with Crippen molar-refractivity contribution in [2.75, 3.05) is 0 Å². The molecule has 1 N–H and O–H groups in total. The van der Waals surface area contributed by atoms with Crippen LogP contribution in [-0.4, -0.2) is 16.0 Å². The van der Waals surface area contributed by atoms with Crippen molar-refractivity contribution >= 4 is 5.91 Å². The van der Waals surface area contributed by atoms with Gasteiger partial charge >= 0.3 is 0 Å². The number of aryl methyl sites for hydroxylation is 1. The third-order valence-corrected chi connectivity index (χ3v) is 4.71. The number of carbonyl (C=O) groups is 1. The molecule has 1 saturated carbocycles. The largest absolute Gasteiger partial charge is 0.349 e. The van der Waals surface area contributed by atoms with E-state index in [0.717, 1.165) is 18.4 Å². The Hall–Kier alpha value is -3.02. The standard InChI is InChI=1S/C21H20FN3O2/c22-17-10-8-16(9-11-17)21-24-19(27-25-21)13-12-18(26)23-20(15-6-7-15)14-4-2-1-3-5-14/h1-5,8-11,15,20H,6-7,12-13H2,(H,23,26). The summed E-state index contributed by atoms with van der Waals surface area (Å²) >= 11 is 0. The number of benzene rings is 2. The molecule has 1 heterocycles. The van der Waals surface area contributed by atoms with Crippen LogP contribution in [0.5, 0.6) is 0 Å². The molecule has 1 aliphatic rings. The molecule has 0 saturated heterocycles. The predicted octanol–water partition coefficient (Wildman–Crippen LogP) is 4.08. The van der Waals surface area contributed by atoms with Gasteiger partial charge in [0.1, 0.15) is 5.82 Å². The molecular weight excluding hydrogens is 345 g/mol. The third-order valence-electron chi connectivity index (χ3n) is 4.71. The Morgan fingerprint density at radius 3 is 2.59 bits per heavy atom. The number of nitrogens with one attached hydrogen (secondary N) is 1. The van der Waals surface area contributed by atoms with E-state index >= 15 is 0 Å². The molecule has 0 bridgehead atoms. The molecule has 4 rings (SSSR count). The van der Waals surface area contributed by atoms with E-state index in [1.54, 1.807) is 12.1 Å². The summed E-state index contributed by atoms with van der Waals surface area (Å²) in [4.78, 5) is 16.7. The lowest BCUT2D eigenvalue weighted by molar-refractivity contribution is -0.122. The number of hydrogen-bond donors (Lipinski definition) is 1. The summed E-state index contributed by atoms with van der Waals surface area (Å²) in [6.45, 7) is 0. The Balaban J connectivity index is 1.34. The number of nitrogens with zero attached hydrogens (tertiary/aromatic N) is 2. The van der Waals surface area contributed by atoms with Crippen molar-refractivity contribution in [3.05, 3.63) is 71.9 Å². The van der Waals surface area contributed by atoms with Gasteiger partial charge in [-0.25, -0.2) is 4.39 Å². The topological polar surface area (TPSA) is 68.0 Å². The van der Waals surface area contributed by atoms with E-state index in [2.05, 4.69) is 27.6 Å². The average Bonchev–Trinajstić information content (AvgIpc) is 3.43. The second kappa shape index (κ2) is 7.70. The van der Waals surface area contributed by atoms with Crippen molar-refractivity contribution in [3.8, 4) is 11.4 Å². The van der Waals surface area contributed by atoms with Gasteiger partial charge in [-0.05, 0) is 48.6 Å². The molecule has 6 heteroatoms. The highest BCUT2D eigenvalue weighted by Crippen LogP contribution is 2.40. The average molecular weight is 365 g/mol. The first kappa shape index (κ1) is 17.4. The van der Waals surface area contributed by atoms with Crippen molar-refractivity contribution < 1.29 is 13.7 Å². The first-order chi connectivity index (χ1) is 13.2. The van der Waals surface area contributed by atoms with Crippen LogP contribution in [0.15, 0.2) is 59.1 Å². The minimum absolute atomic E-state index is 0.0303. The van der Waals surface area contributed by atoms with Gasteiger partial charge in [0, 0.05) is 18.4 Å². The van der Waals surface area contributed by atoms with Crippen LogP contribution in [-0.2, 0) is 11.2 Å². The summed E-state index contributed by atoms with van der Waals surface area (Å²) in [7, 11) is 0. The van der Waals surface area contributed by atoms with E-state index in [1.807, 2.05) is 18.2 Å². The molecule has 0 radical (unpaired) electrons. The van der Waals surface area contributed by atoms with Gasteiger partial charge in [-0.3, -0.25) is 4.79 Å². The van der Waals surface area contributed by atoms with Crippen LogP contribution in [0.3, 0.4) is 0 Å². The number of aromatic nitrogens is 2. The Kier molecular flexibility index (Phi) is 4.96. The lowest BCUT2D eigenvalue weighted by Crippen LogP contribution is -2.30. The second-order valence-corrected chi connectivity index (χ2v) is 6.81. The van der Waals surface area contributed by atoms with Crippen LogP contribution in [0.25, 0.3) is 11.4 Å². The zero-order valence-electron chi connectivity index (χ0n) is 14.8. The van der Waals surface area contributed by atoms with Crippen molar-refractivity contribution in [1.29, 1.82) is 0 Å². The number of halogens is 1. The summed E-state index contributed by atoms with van der Waals surface area (Å²) in [6, 6.07) is 16.0. The number of amides is 1. The van der Waals surface area contributed by atoms with Crippen LogP contribution < -0.4 is 5.32 Å². The van der Waals surface area contributed by atoms with Gasteiger partial charge in [0.05, 0.1) is 6.04 Å². The fraction of sp³-hybridized carbons (Fsp3) is 0.286. The monoisotopic (exact) mass is 365 g/mol. The van der Waals surface area contributed by atoms with E-state index in [0.29, 0.717) is 29.6 Å².